The molecular weight excluding hydrogens is 188 g/mol. The van der Waals surface area contributed by atoms with Crippen LogP contribution < -0.4 is 16.8 Å². The van der Waals surface area contributed by atoms with E-state index in [1.54, 1.807) is 6.07 Å². The average molecular weight is 206 g/mol. The number of pyridine rings is 1. The van der Waals surface area contributed by atoms with Crippen LogP contribution in [-0.2, 0) is 0 Å². The SMILES string of the molecule is CC(CC1CC1)Nc1ccc(N)c(N)n1. The number of nitrogen functional groups attached to an aromatic ring is 2. The van der Waals surface area contributed by atoms with Crippen molar-refractivity contribution in [2.24, 2.45) is 5.92 Å². The normalized spacial score (nSPS) is 17.4. The van der Waals surface area contributed by atoms with Crippen molar-refractivity contribution >= 4 is 17.3 Å². The topological polar surface area (TPSA) is 77.0 Å². The number of aromatic nitrogens is 1. The molecule has 1 atom stereocenters. The van der Waals surface area contributed by atoms with E-state index in [0.29, 0.717) is 17.5 Å². The molecule has 15 heavy (non-hydrogen) atoms. The van der Waals surface area contributed by atoms with E-state index in [1.807, 2.05) is 6.07 Å². The molecule has 82 valence electrons. The third kappa shape index (κ3) is 2.75. The van der Waals surface area contributed by atoms with Crippen LogP contribution in [0.4, 0.5) is 17.3 Å². The predicted molar refractivity (Wildman–Crippen MR) is 63.5 cm³/mol. The van der Waals surface area contributed by atoms with Gasteiger partial charge in [0.1, 0.15) is 11.6 Å². The van der Waals surface area contributed by atoms with Crippen molar-refractivity contribution in [2.75, 3.05) is 16.8 Å². The fourth-order valence-corrected chi connectivity index (χ4v) is 1.73. The molecule has 0 aliphatic heterocycles. The highest BCUT2D eigenvalue weighted by Gasteiger charge is 2.23. The van der Waals surface area contributed by atoms with Crippen LogP contribution in [0.25, 0.3) is 0 Å². The molecule has 1 aliphatic rings. The van der Waals surface area contributed by atoms with Crippen LogP contribution in [0.15, 0.2) is 12.1 Å². The van der Waals surface area contributed by atoms with Gasteiger partial charge in [0.15, 0.2) is 0 Å². The van der Waals surface area contributed by atoms with Crippen molar-refractivity contribution in [1.82, 2.24) is 4.98 Å². The molecule has 1 aromatic rings. The predicted octanol–water partition coefficient (Wildman–Crippen LogP) is 1.85. The first-order chi connectivity index (χ1) is 7.15. The van der Waals surface area contributed by atoms with Crippen molar-refractivity contribution in [3.63, 3.8) is 0 Å². The van der Waals surface area contributed by atoms with Gasteiger partial charge >= 0.3 is 0 Å². The number of hydrogen-bond donors (Lipinski definition) is 3. The zero-order valence-corrected chi connectivity index (χ0v) is 9.03. The van der Waals surface area contributed by atoms with Gasteiger partial charge in [-0.25, -0.2) is 4.98 Å². The van der Waals surface area contributed by atoms with E-state index in [4.69, 9.17) is 11.5 Å². The number of nitrogens with two attached hydrogens (primary N) is 2. The summed E-state index contributed by atoms with van der Waals surface area (Å²) in [5.74, 6) is 2.13. The molecule has 0 aromatic carbocycles. The lowest BCUT2D eigenvalue weighted by atomic mass is 10.1. The van der Waals surface area contributed by atoms with E-state index in [2.05, 4.69) is 17.2 Å². The molecular formula is C11H18N4. The number of rotatable bonds is 4. The van der Waals surface area contributed by atoms with Gasteiger partial charge < -0.3 is 16.8 Å². The minimum absolute atomic E-state index is 0.402. The third-order valence-corrected chi connectivity index (χ3v) is 2.74. The third-order valence-electron chi connectivity index (χ3n) is 2.74. The first-order valence-corrected chi connectivity index (χ1v) is 5.43. The Morgan fingerprint density at radius 3 is 2.80 bits per heavy atom. The molecule has 1 aliphatic carbocycles. The summed E-state index contributed by atoms with van der Waals surface area (Å²) in [5, 5.41) is 3.33. The lowest BCUT2D eigenvalue weighted by Gasteiger charge is -2.14. The Morgan fingerprint density at radius 1 is 1.47 bits per heavy atom. The quantitative estimate of drug-likeness (QED) is 0.702. The van der Waals surface area contributed by atoms with Crippen LogP contribution in [0.1, 0.15) is 26.2 Å². The molecule has 1 aromatic heterocycles. The number of hydrogen-bond acceptors (Lipinski definition) is 4. The zero-order chi connectivity index (χ0) is 10.8. The molecule has 0 amide bonds. The molecule has 1 unspecified atom stereocenters. The molecule has 4 nitrogen and oxygen atoms in total. The molecule has 4 heteroatoms. The molecule has 0 spiro atoms. The monoisotopic (exact) mass is 206 g/mol. The minimum atomic E-state index is 0.402. The smallest absolute Gasteiger partial charge is 0.149 e. The van der Waals surface area contributed by atoms with Gasteiger partial charge in [0, 0.05) is 6.04 Å². The summed E-state index contributed by atoms with van der Waals surface area (Å²) < 4.78 is 0. The van der Waals surface area contributed by atoms with Crippen LogP contribution in [0.3, 0.4) is 0 Å². The summed E-state index contributed by atoms with van der Waals surface area (Å²) in [6.07, 6.45) is 3.97. The second kappa shape index (κ2) is 3.96. The van der Waals surface area contributed by atoms with Crippen molar-refractivity contribution in [3.8, 4) is 0 Å². The Kier molecular flexibility index (Phi) is 2.66. The largest absolute Gasteiger partial charge is 0.396 e. The highest BCUT2D eigenvalue weighted by Crippen LogP contribution is 2.34. The van der Waals surface area contributed by atoms with Crippen LogP contribution in [0.5, 0.6) is 0 Å². The minimum Gasteiger partial charge on any atom is -0.396 e. The standard InChI is InChI=1S/C11H18N4/c1-7(6-8-2-3-8)14-10-5-4-9(12)11(13)15-10/h4-5,7-8H,2-3,6,12H2,1H3,(H3,13,14,15). The number of anilines is 3. The van der Waals surface area contributed by atoms with Crippen LogP contribution >= 0.6 is 0 Å². The van der Waals surface area contributed by atoms with Crippen LogP contribution in [0, 0.1) is 5.92 Å². The summed E-state index contributed by atoms with van der Waals surface area (Å²) in [7, 11) is 0. The van der Waals surface area contributed by atoms with Gasteiger partial charge in [-0.2, -0.15) is 0 Å². The Balaban J connectivity index is 1.93. The molecule has 2 rings (SSSR count). The van der Waals surface area contributed by atoms with Crippen LogP contribution in [-0.4, -0.2) is 11.0 Å². The van der Waals surface area contributed by atoms with Crippen LogP contribution in [0.2, 0.25) is 0 Å². The van der Waals surface area contributed by atoms with Crippen molar-refractivity contribution in [1.29, 1.82) is 0 Å². The lowest BCUT2D eigenvalue weighted by Crippen LogP contribution is -2.17. The maximum atomic E-state index is 5.63. The highest BCUT2D eigenvalue weighted by molar-refractivity contribution is 5.61. The Hall–Kier alpha value is -1.45. The maximum Gasteiger partial charge on any atom is 0.149 e. The zero-order valence-electron chi connectivity index (χ0n) is 9.03. The summed E-state index contributed by atoms with van der Waals surface area (Å²) in [4.78, 5) is 4.18. The molecule has 1 saturated carbocycles. The molecule has 5 N–H and O–H groups in total. The highest BCUT2D eigenvalue weighted by atomic mass is 15.0. The van der Waals surface area contributed by atoms with Gasteiger partial charge in [0.25, 0.3) is 0 Å². The van der Waals surface area contributed by atoms with E-state index >= 15 is 0 Å². The summed E-state index contributed by atoms with van der Waals surface area (Å²) in [5.41, 5.74) is 11.8. The van der Waals surface area contributed by atoms with Gasteiger partial charge in [0.2, 0.25) is 0 Å². The second-order valence-electron chi connectivity index (χ2n) is 4.40. The van der Waals surface area contributed by atoms with E-state index in [0.717, 1.165) is 11.7 Å². The number of nitrogens with zero attached hydrogens (tertiary/aromatic N) is 1. The summed E-state index contributed by atoms with van der Waals surface area (Å²) in [6, 6.07) is 4.11. The first kappa shape index (κ1) is 10.1. The van der Waals surface area contributed by atoms with Gasteiger partial charge in [-0.3, -0.25) is 0 Å². The molecule has 0 saturated heterocycles. The second-order valence-corrected chi connectivity index (χ2v) is 4.40. The van der Waals surface area contributed by atoms with Gasteiger partial charge in [-0.15, -0.1) is 0 Å². The summed E-state index contributed by atoms with van der Waals surface area (Å²) >= 11 is 0. The lowest BCUT2D eigenvalue weighted by molar-refractivity contribution is 0.640. The number of nitrogens with one attached hydrogen (secondary N) is 1. The molecule has 0 bridgehead atoms. The van der Waals surface area contributed by atoms with E-state index in [-0.39, 0.29) is 0 Å². The molecule has 1 heterocycles. The Morgan fingerprint density at radius 2 is 2.20 bits per heavy atom. The van der Waals surface area contributed by atoms with Gasteiger partial charge in [-0.1, -0.05) is 12.8 Å². The van der Waals surface area contributed by atoms with E-state index in [1.165, 1.54) is 19.3 Å². The van der Waals surface area contributed by atoms with E-state index < -0.39 is 0 Å². The van der Waals surface area contributed by atoms with Gasteiger partial charge in [0.05, 0.1) is 5.69 Å². The van der Waals surface area contributed by atoms with Crippen molar-refractivity contribution in [3.05, 3.63) is 12.1 Å². The van der Waals surface area contributed by atoms with E-state index in [9.17, 15) is 0 Å². The average Bonchev–Trinajstić information content (AvgIpc) is 2.95. The Bertz CT molecular complexity index is 346. The maximum absolute atomic E-state index is 5.63. The Labute approximate surface area is 90.1 Å². The fourth-order valence-electron chi connectivity index (χ4n) is 1.73. The first-order valence-electron chi connectivity index (χ1n) is 5.43. The summed E-state index contributed by atoms with van der Waals surface area (Å²) in [6.45, 7) is 2.17. The van der Waals surface area contributed by atoms with Gasteiger partial charge in [-0.05, 0) is 31.4 Å². The van der Waals surface area contributed by atoms with Crippen molar-refractivity contribution < 1.29 is 0 Å². The fraction of sp³-hybridized carbons (Fsp3) is 0.545. The van der Waals surface area contributed by atoms with Crippen molar-refractivity contribution in [2.45, 2.75) is 32.2 Å². The molecule has 1 fully saturated rings. The molecule has 0 radical (unpaired) electrons.